The molecule has 0 bridgehead atoms. The molecular formula is C26H30N4O2. The first-order chi connectivity index (χ1) is 15.5. The maximum Gasteiger partial charge on any atom is 0.224 e. The Labute approximate surface area is 189 Å². The van der Waals surface area contributed by atoms with Gasteiger partial charge in [-0.05, 0) is 85.6 Å². The molecular weight excluding hydrogens is 400 g/mol. The Kier molecular flexibility index (Phi) is 7.86. The quantitative estimate of drug-likeness (QED) is 0.352. The van der Waals surface area contributed by atoms with Gasteiger partial charge in [0.15, 0.2) is 0 Å². The number of rotatable bonds is 9. The average molecular weight is 431 g/mol. The van der Waals surface area contributed by atoms with Crippen LogP contribution in [0.3, 0.4) is 0 Å². The fraction of sp³-hybridized carbons (Fsp3) is 0.231. The van der Waals surface area contributed by atoms with E-state index in [1.165, 1.54) is 0 Å². The summed E-state index contributed by atoms with van der Waals surface area (Å²) in [6.07, 6.45) is 2.62. The zero-order chi connectivity index (χ0) is 22.9. The highest BCUT2D eigenvalue weighted by atomic mass is 16.2. The summed E-state index contributed by atoms with van der Waals surface area (Å²) in [4.78, 5) is 25.9. The van der Waals surface area contributed by atoms with Crippen molar-refractivity contribution in [2.75, 3.05) is 21.3 Å². The second kappa shape index (κ2) is 11.0. The van der Waals surface area contributed by atoms with E-state index in [4.69, 9.17) is 5.73 Å². The van der Waals surface area contributed by atoms with Crippen molar-refractivity contribution in [1.29, 1.82) is 0 Å². The molecule has 0 saturated carbocycles. The third-order valence-electron chi connectivity index (χ3n) is 4.92. The van der Waals surface area contributed by atoms with E-state index in [9.17, 15) is 9.59 Å². The molecule has 6 heteroatoms. The third-order valence-corrected chi connectivity index (χ3v) is 4.92. The molecule has 0 heterocycles. The lowest BCUT2D eigenvalue weighted by atomic mass is 10.1. The number of carbonyl (C=O) groups excluding carboxylic acids is 2. The predicted molar refractivity (Wildman–Crippen MR) is 133 cm³/mol. The summed E-state index contributed by atoms with van der Waals surface area (Å²) in [5.41, 5.74) is 10.9. The molecule has 0 unspecified atom stereocenters. The molecule has 0 spiro atoms. The minimum absolute atomic E-state index is 0.0105. The molecule has 166 valence electrons. The fourth-order valence-corrected chi connectivity index (χ4v) is 3.36. The molecule has 3 aromatic rings. The highest BCUT2D eigenvalue weighted by molar-refractivity contribution is 5.92. The third kappa shape index (κ3) is 6.11. The van der Waals surface area contributed by atoms with Gasteiger partial charge in [-0.1, -0.05) is 13.8 Å². The van der Waals surface area contributed by atoms with Crippen molar-refractivity contribution >= 4 is 45.9 Å². The highest BCUT2D eigenvalue weighted by Crippen LogP contribution is 2.35. The molecule has 0 aliphatic heterocycles. The van der Waals surface area contributed by atoms with E-state index in [0.717, 1.165) is 41.3 Å². The summed E-state index contributed by atoms with van der Waals surface area (Å²) < 4.78 is 0. The zero-order valence-corrected chi connectivity index (χ0v) is 18.6. The Morgan fingerprint density at radius 1 is 0.656 bits per heavy atom. The van der Waals surface area contributed by atoms with E-state index >= 15 is 0 Å². The minimum atomic E-state index is 0.0105. The molecule has 3 rings (SSSR count). The standard InChI is InChI=1S/C26H30N4O2/c1-3-5-25(31)28-20-9-15-23(16-10-20)30(22-13-7-19(27)8-14-22)24-17-11-21(12-18-24)29-26(32)6-4-2/h7-18H,3-6,27H2,1-2H3,(H,28,31)(H,29,32). The highest BCUT2D eigenvalue weighted by Gasteiger charge is 2.13. The van der Waals surface area contributed by atoms with Gasteiger partial charge in [-0.2, -0.15) is 0 Å². The molecule has 0 atom stereocenters. The van der Waals surface area contributed by atoms with Crippen LogP contribution < -0.4 is 21.3 Å². The molecule has 0 aromatic heterocycles. The Balaban J connectivity index is 1.89. The van der Waals surface area contributed by atoms with Crippen LogP contribution in [-0.4, -0.2) is 11.8 Å². The summed E-state index contributed by atoms with van der Waals surface area (Å²) in [6, 6.07) is 23.1. The molecule has 0 saturated heterocycles. The molecule has 0 aliphatic carbocycles. The second-order valence-corrected chi connectivity index (χ2v) is 7.62. The first-order valence-corrected chi connectivity index (χ1v) is 11.0. The van der Waals surface area contributed by atoms with Crippen LogP contribution in [0.15, 0.2) is 72.8 Å². The van der Waals surface area contributed by atoms with Crippen LogP contribution in [0.1, 0.15) is 39.5 Å². The largest absolute Gasteiger partial charge is 0.399 e. The van der Waals surface area contributed by atoms with Crippen molar-refractivity contribution in [2.45, 2.75) is 39.5 Å². The van der Waals surface area contributed by atoms with E-state index in [0.29, 0.717) is 18.5 Å². The van der Waals surface area contributed by atoms with E-state index in [-0.39, 0.29) is 11.8 Å². The number of nitrogen functional groups attached to an aromatic ring is 1. The van der Waals surface area contributed by atoms with Gasteiger partial charge in [0.1, 0.15) is 0 Å². The van der Waals surface area contributed by atoms with Gasteiger partial charge in [-0.3, -0.25) is 9.59 Å². The molecule has 2 amide bonds. The van der Waals surface area contributed by atoms with E-state index in [1.54, 1.807) is 0 Å². The molecule has 0 aliphatic rings. The van der Waals surface area contributed by atoms with Crippen LogP contribution in [0.4, 0.5) is 34.1 Å². The van der Waals surface area contributed by atoms with Crippen molar-refractivity contribution in [1.82, 2.24) is 0 Å². The number of anilines is 6. The smallest absolute Gasteiger partial charge is 0.224 e. The number of nitrogens with zero attached hydrogens (tertiary/aromatic N) is 1. The number of hydrogen-bond acceptors (Lipinski definition) is 4. The topological polar surface area (TPSA) is 87.5 Å². The van der Waals surface area contributed by atoms with Gasteiger partial charge in [0.2, 0.25) is 11.8 Å². The first kappa shape index (κ1) is 22.9. The lowest BCUT2D eigenvalue weighted by Crippen LogP contribution is -2.13. The number of carbonyl (C=O) groups is 2. The van der Waals surface area contributed by atoms with Crippen LogP contribution in [-0.2, 0) is 9.59 Å². The molecule has 0 fully saturated rings. The minimum Gasteiger partial charge on any atom is -0.399 e. The number of nitrogens with one attached hydrogen (secondary N) is 2. The fourth-order valence-electron chi connectivity index (χ4n) is 3.36. The summed E-state index contributed by atoms with van der Waals surface area (Å²) >= 11 is 0. The SMILES string of the molecule is CCCC(=O)Nc1ccc(N(c2ccc(N)cc2)c2ccc(NC(=O)CCC)cc2)cc1. The Bertz CT molecular complexity index is 965. The Hall–Kier alpha value is -3.80. The van der Waals surface area contributed by atoms with Gasteiger partial charge in [-0.15, -0.1) is 0 Å². The number of benzene rings is 3. The Morgan fingerprint density at radius 2 is 1.00 bits per heavy atom. The van der Waals surface area contributed by atoms with Crippen LogP contribution in [0.2, 0.25) is 0 Å². The molecule has 32 heavy (non-hydrogen) atoms. The van der Waals surface area contributed by atoms with E-state index < -0.39 is 0 Å². The van der Waals surface area contributed by atoms with Crippen molar-refractivity contribution in [3.8, 4) is 0 Å². The van der Waals surface area contributed by atoms with Gasteiger partial charge >= 0.3 is 0 Å². The van der Waals surface area contributed by atoms with Gasteiger partial charge in [0.05, 0.1) is 0 Å². The number of nitrogens with two attached hydrogens (primary N) is 1. The molecule has 4 N–H and O–H groups in total. The summed E-state index contributed by atoms with van der Waals surface area (Å²) in [5.74, 6) is 0.0210. The van der Waals surface area contributed by atoms with Gasteiger partial charge in [-0.25, -0.2) is 0 Å². The van der Waals surface area contributed by atoms with Crippen LogP contribution in [0, 0.1) is 0 Å². The molecule has 6 nitrogen and oxygen atoms in total. The van der Waals surface area contributed by atoms with Crippen molar-refractivity contribution < 1.29 is 9.59 Å². The maximum absolute atomic E-state index is 11.9. The number of hydrogen-bond donors (Lipinski definition) is 3. The first-order valence-electron chi connectivity index (χ1n) is 11.0. The van der Waals surface area contributed by atoms with E-state index in [2.05, 4.69) is 15.5 Å². The van der Waals surface area contributed by atoms with Crippen molar-refractivity contribution in [2.24, 2.45) is 0 Å². The normalized spacial score (nSPS) is 10.4. The lowest BCUT2D eigenvalue weighted by molar-refractivity contribution is -0.117. The Morgan fingerprint density at radius 3 is 1.34 bits per heavy atom. The van der Waals surface area contributed by atoms with Gasteiger partial charge in [0.25, 0.3) is 0 Å². The summed E-state index contributed by atoms with van der Waals surface area (Å²) in [5, 5.41) is 5.84. The molecule has 0 radical (unpaired) electrons. The van der Waals surface area contributed by atoms with Crippen molar-refractivity contribution in [3.05, 3.63) is 72.8 Å². The van der Waals surface area contributed by atoms with Crippen LogP contribution in [0.5, 0.6) is 0 Å². The second-order valence-electron chi connectivity index (χ2n) is 7.62. The summed E-state index contributed by atoms with van der Waals surface area (Å²) in [7, 11) is 0. The molecule has 3 aromatic carbocycles. The maximum atomic E-state index is 11.9. The lowest BCUT2D eigenvalue weighted by Gasteiger charge is -2.26. The predicted octanol–water partition coefficient (Wildman–Crippen LogP) is 6.22. The summed E-state index contributed by atoms with van der Waals surface area (Å²) in [6.45, 7) is 3.96. The van der Waals surface area contributed by atoms with Crippen LogP contribution >= 0.6 is 0 Å². The van der Waals surface area contributed by atoms with E-state index in [1.807, 2.05) is 86.6 Å². The van der Waals surface area contributed by atoms with Gasteiger partial charge < -0.3 is 21.3 Å². The monoisotopic (exact) mass is 430 g/mol. The number of amides is 2. The van der Waals surface area contributed by atoms with Gasteiger partial charge in [0, 0.05) is 47.0 Å². The zero-order valence-electron chi connectivity index (χ0n) is 18.6. The van der Waals surface area contributed by atoms with Crippen LogP contribution in [0.25, 0.3) is 0 Å². The average Bonchev–Trinajstić information content (AvgIpc) is 2.78. The van der Waals surface area contributed by atoms with Crippen molar-refractivity contribution in [3.63, 3.8) is 0 Å².